The summed E-state index contributed by atoms with van der Waals surface area (Å²) < 4.78 is 36.9. The number of carbonyl (C=O) groups is 2. The summed E-state index contributed by atoms with van der Waals surface area (Å²) in [5.41, 5.74) is 0.0352. The smallest absolute Gasteiger partial charge is 0.342 e. The van der Waals surface area contributed by atoms with Crippen LogP contribution in [0.5, 0.6) is 11.5 Å². The highest BCUT2D eigenvalue weighted by Crippen LogP contribution is 2.35. The van der Waals surface area contributed by atoms with Gasteiger partial charge in [-0.15, -0.1) is 0 Å². The molecule has 1 saturated carbocycles. The zero-order chi connectivity index (χ0) is 28.8. The first kappa shape index (κ1) is 28.1. The Bertz CT molecular complexity index is 1520. The first-order valence-corrected chi connectivity index (χ1v) is 13.5. The number of fused-ring (bicyclic) bond motifs is 1. The number of aliphatic hydroxyl groups is 1. The molecule has 0 aromatic heterocycles. The Kier molecular flexibility index (Phi) is 8.50. The van der Waals surface area contributed by atoms with E-state index in [2.05, 4.69) is 0 Å². The molecule has 212 valence electrons. The molecule has 0 saturated heterocycles. The summed E-state index contributed by atoms with van der Waals surface area (Å²) in [5.74, 6) is -2.17. The van der Waals surface area contributed by atoms with Crippen molar-refractivity contribution < 1.29 is 38.0 Å². The predicted octanol–water partition coefficient (Wildman–Crippen LogP) is 6.14. The maximum Gasteiger partial charge on any atom is 0.342 e. The van der Waals surface area contributed by atoms with Gasteiger partial charge in [0.05, 0.1) is 13.2 Å². The van der Waals surface area contributed by atoms with Crippen molar-refractivity contribution in [1.82, 2.24) is 0 Å². The molecule has 1 N–H and O–H groups in total. The summed E-state index contributed by atoms with van der Waals surface area (Å²) in [4.78, 5) is 25.6. The SMILES string of the molecule is COc1cc(F)c(OC2CCC(O)(C(=O)OCc3cccc4ccccc34)CC2)cc1C(=O)OCc1ccccc1. The van der Waals surface area contributed by atoms with Gasteiger partial charge in [0.2, 0.25) is 0 Å². The Labute approximate surface area is 237 Å². The number of benzene rings is 4. The molecular weight excluding hydrogens is 527 g/mol. The van der Waals surface area contributed by atoms with Gasteiger partial charge in [0, 0.05) is 12.1 Å². The Morgan fingerprint density at radius 3 is 2.34 bits per heavy atom. The molecule has 5 rings (SSSR count). The van der Waals surface area contributed by atoms with Crippen molar-refractivity contribution in [2.45, 2.75) is 50.6 Å². The fourth-order valence-corrected chi connectivity index (χ4v) is 5.02. The lowest BCUT2D eigenvalue weighted by molar-refractivity contribution is -0.172. The van der Waals surface area contributed by atoms with E-state index >= 15 is 0 Å². The molecule has 0 unspecified atom stereocenters. The molecule has 1 aliphatic carbocycles. The third kappa shape index (κ3) is 6.49. The summed E-state index contributed by atoms with van der Waals surface area (Å²) in [6.45, 7) is 0.0941. The molecule has 4 aromatic rings. The molecule has 4 aromatic carbocycles. The van der Waals surface area contributed by atoms with Crippen molar-refractivity contribution in [1.29, 1.82) is 0 Å². The molecule has 0 heterocycles. The largest absolute Gasteiger partial charge is 0.496 e. The van der Waals surface area contributed by atoms with Crippen LogP contribution in [0, 0.1) is 5.82 Å². The molecule has 1 aliphatic rings. The van der Waals surface area contributed by atoms with Crippen molar-refractivity contribution in [2.75, 3.05) is 7.11 Å². The molecule has 1 fully saturated rings. The molecule has 0 amide bonds. The number of carbonyl (C=O) groups excluding carboxylic acids is 2. The van der Waals surface area contributed by atoms with Gasteiger partial charge in [-0.25, -0.2) is 14.0 Å². The summed E-state index contributed by atoms with van der Waals surface area (Å²) in [5, 5.41) is 13.0. The van der Waals surface area contributed by atoms with Crippen LogP contribution in [-0.2, 0) is 27.5 Å². The third-order valence-electron chi connectivity index (χ3n) is 7.36. The van der Waals surface area contributed by atoms with Crippen molar-refractivity contribution in [3.63, 3.8) is 0 Å². The third-order valence-corrected chi connectivity index (χ3v) is 7.36. The fourth-order valence-electron chi connectivity index (χ4n) is 5.02. The number of rotatable bonds is 9. The second kappa shape index (κ2) is 12.4. The number of esters is 2. The van der Waals surface area contributed by atoms with Gasteiger partial charge in [-0.2, -0.15) is 0 Å². The lowest BCUT2D eigenvalue weighted by Crippen LogP contribution is -2.45. The van der Waals surface area contributed by atoms with Gasteiger partial charge in [-0.1, -0.05) is 72.8 Å². The topological polar surface area (TPSA) is 91.3 Å². The first-order valence-electron chi connectivity index (χ1n) is 13.5. The maximum atomic E-state index is 14.9. The molecule has 0 spiro atoms. The summed E-state index contributed by atoms with van der Waals surface area (Å²) >= 11 is 0. The molecule has 41 heavy (non-hydrogen) atoms. The van der Waals surface area contributed by atoms with Crippen LogP contribution in [0.1, 0.15) is 47.2 Å². The van der Waals surface area contributed by atoms with Crippen LogP contribution < -0.4 is 9.47 Å². The summed E-state index contributed by atoms with van der Waals surface area (Å²) in [6, 6.07) is 25.1. The molecule has 0 atom stereocenters. The first-order chi connectivity index (χ1) is 19.9. The number of hydrogen-bond acceptors (Lipinski definition) is 7. The van der Waals surface area contributed by atoms with E-state index in [-0.39, 0.29) is 43.1 Å². The number of ether oxygens (including phenoxy) is 4. The van der Waals surface area contributed by atoms with E-state index < -0.39 is 29.5 Å². The van der Waals surface area contributed by atoms with Crippen LogP contribution in [-0.4, -0.2) is 35.9 Å². The van der Waals surface area contributed by atoms with Gasteiger partial charge in [-0.3, -0.25) is 0 Å². The highest BCUT2D eigenvalue weighted by Gasteiger charge is 2.42. The number of halogens is 1. The lowest BCUT2D eigenvalue weighted by atomic mass is 9.83. The quantitative estimate of drug-likeness (QED) is 0.247. The molecule has 0 aliphatic heterocycles. The van der Waals surface area contributed by atoms with Crippen LogP contribution >= 0.6 is 0 Å². The van der Waals surface area contributed by atoms with E-state index in [9.17, 15) is 19.1 Å². The Balaban J connectivity index is 1.19. The normalized spacial score (nSPS) is 18.5. The minimum Gasteiger partial charge on any atom is -0.496 e. The van der Waals surface area contributed by atoms with Crippen molar-refractivity contribution in [3.8, 4) is 11.5 Å². The van der Waals surface area contributed by atoms with E-state index in [1.165, 1.54) is 13.2 Å². The van der Waals surface area contributed by atoms with Gasteiger partial charge in [-0.05, 0) is 47.6 Å². The van der Waals surface area contributed by atoms with E-state index in [4.69, 9.17) is 18.9 Å². The minimum absolute atomic E-state index is 0.0277. The summed E-state index contributed by atoms with van der Waals surface area (Å²) in [6.07, 6.45) is 0.293. The van der Waals surface area contributed by atoms with Crippen LogP contribution in [0.4, 0.5) is 4.39 Å². The molecule has 8 heteroatoms. The number of methoxy groups -OCH3 is 1. The Hall–Kier alpha value is -4.43. The van der Waals surface area contributed by atoms with E-state index in [0.717, 1.165) is 28.0 Å². The van der Waals surface area contributed by atoms with E-state index in [1.807, 2.05) is 72.8 Å². The Morgan fingerprint density at radius 2 is 1.59 bits per heavy atom. The summed E-state index contributed by atoms with van der Waals surface area (Å²) in [7, 11) is 1.34. The van der Waals surface area contributed by atoms with Crippen LogP contribution in [0.2, 0.25) is 0 Å². The second-order valence-corrected chi connectivity index (χ2v) is 10.1. The number of hydrogen-bond donors (Lipinski definition) is 1. The van der Waals surface area contributed by atoms with Crippen molar-refractivity contribution in [3.05, 3.63) is 107 Å². The van der Waals surface area contributed by atoms with Crippen molar-refractivity contribution in [2.24, 2.45) is 0 Å². The van der Waals surface area contributed by atoms with Crippen molar-refractivity contribution >= 4 is 22.7 Å². The van der Waals surface area contributed by atoms with Gasteiger partial charge in [0.1, 0.15) is 24.5 Å². The highest BCUT2D eigenvalue weighted by molar-refractivity contribution is 5.93. The molecule has 0 bridgehead atoms. The lowest BCUT2D eigenvalue weighted by Gasteiger charge is -2.34. The molecule has 0 radical (unpaired) electrons. The average molecular weight is 559 g/mol. The van der Waals surface area contributed by atoms with Crippen LogP contribution in [0.15, 0.2) is 84.9 Å². The second-order valence-electron chi connectivity index (χ2n) is 10.1. The average Bonchev–Trinajstić information content (AvgIpc) is 3.01. The fraction of sp³-hybridized carbons (Fsp3) is 0.273. The maximum absolute atomic E-state index is 14.9. The van der Waals surface area contributed by atoms with Gasteiger partial charge >= 0.3 is 11.9 Å². The Morgan fingerprint density at radius 1 is 0.878 bits per heavy atom. The minimum atomic E-state index is -1.66. The van der Waals surface area contributed by atoms with E-state index in [1.54, 1.807) is 0 Å². The zero-order valence-electron chi connectivity index (χ0n) is 22.7. The van der Waals surface area contributed by atoms with Crippen LogP contribution in [0.3, 0.4) is 0 Å². The zero-order valence-corrected chi connectivity index (χ0v) is 22.7. The highest BCUT2D eigenvalue weighted by atomic mass is 19.1. The molecule has 7 nitrogen and oxygen atoms in total. The van der Waals surface area contributed by atoms with E-state index in [0.29, 0.717) is 12.8 Å². The van der Waals surface area contributed by atoms with Crippen LogP contribution in [0.25, 0.3) is 10.8 Å². The monoisotopic (exact) mass is 558 g/mol. The van der Waals surface area contributed by atoms with Gasteiger partial charge in [0.15, 0.2) is 17.2 Å². The predicted molar refractivity (Wildman–Crippen MR) is 150 cm³/mol. The van der Waals surface area contributed by atoms with Gasteiger partial charge in [0.25, 0.3) is 0 Å². The van der Waals surface area contributed by atoms with Gasteiger partial charge < -0.3 is 24.1 Å². The molecular formula is C33H31FO7. The standard InChI is InChI=1S/C33H31FO7/c1-38-29-19-28(34)30(18-27(29)31(35)39-20-22-8-3-2-4-9-22)41-25-14-16-33(37,17-15-25)32(36)40-21-24-12-7-11-23-10-5-6-13-26(23)24/h2-13,18-19,25,37H,14-17,20-21H2,1H3.